The molecule has 4 heteroatoms. The van der Waals surface area contributed by atoms with Crippen molar-refractivity contribution in [3.8, 4) is 0 Å². The van der Waals surface area contributed by atoms with Crippen LogP contribution < -0.4 is 10.2 Å². The van der Waals surface area contributed by atoms with Gasteiger partial charge in [-0.3, -0.25) is 0 Å². The molecule has 0 spiro atoms. The minimum Gasteiger partial charge on any atom is -0.351 e. The molecule has 3 nitrogen and oxygen atoms in total. The number of piperazine rings is 1. The maximum atomic E-state index is 6.32. The van der Waals surface area contributed by atoms with E-state index in [2.05, 4.69) is 29.0 Å². The van der Waals surface area contributed by atoms with E-state index >= 15 is 0 Å². The van der Waals surface area contributed by atoms with E-state index in [1.54, 1.807) is 0 Å². The van der Waals surface area contributed by atoms with Crippen molar-refractivity contribution in [1.29, 1.82) is 0 Å². The Kier molecular flexibility index (Phi) is 2.75. The highest BCUT2D eigenvalue weighted by Gasteiger charge is 2.38. The Morgan fingerprint density at radius 3 is 2.88 bits per heavy atom. The maximum Gasteiger partial charge on any atom is 0.130 e. The van der Waals surface area contributed by atoms with Crippen LogP contribution in [0.3, 0.4) is 0 Å². The predicted molar refractivity (Wildman–Crippen MR) is 70.9 cm³/mol. The van der Waals surface area contributed by atoms with Crippen LogP contribution in [0.5, 0.6) is 0 Å². The lowest BCUT2D eigenvalue weighted by molar-refractivity contribution is 0.576. The van der Waals surface area contributed by atoms with Gasteiger partial charge < -0.3 is 10.2 Å². The average Bonchev–Trinajstić information content (AvgIpc) is 2.89. The monoisotopic (exact) mass is 251 g/mol. The first-order valence-electron chi connectivity index (χ1n) is 6.30. The van der Waals surface area contributed by atoms with Gasteiger partial charge in [0.15, 0.2) is 0 Å². The summed E-state index contributed by atoms with van der Waals surface area (Å²) in [5, 5.41) is 4.35. The van der Waals surface area contributed by atoms with Gasteiger partial charge in [-0.05, 0) is 24.0 Å². The molecule has 2 aliphatic rings. The highest BCUT2D eigenvalue weighted by atomic mass is 35.5. The van der Waals surface area contributed by atoms with Gasteiger partial charge >= 0.3 is 0 Å². The van der Waals surface area contributed by atoms with Gasteiger partial charge in [-0.2, -0.15) is 0 Å². The van der Waals surface area contributed by atoms with E-state index in [0.717, 1.165) is 29.5 Å². The lowest BCUT2D eigenvalue weighted by atomic mass is 10.1. The van der Waals surface area contributed by atoms with Crippen molar-refractivity contribution in [2.45, 2.75) is 38.3 Å². The summed E-state index contributed by atoms with van der Waals surface area (Å²) in [5.74, 6) is 1.47. The van der Waals surface area contributed by atoms with E-state index in [1.165, 1.54) is 6.42 Å². The Balaban J connectivity index is 1.87. The van der Waals surface area contributed by atoms with E-state index < -0.39 is 0 Å². The maximum absolute atomic E-state index is 6.32. The first kappa shape index (κ1) is 11.3. The minimum atomic E-state index is 0.431. The van der Waals surface area contributed by atoms with Gasteiger partial charge in [-0.15, -0.1) is 0 Å². The molecule has 92 valence electrons. The molecule has 3 rings (SSSR count). The van der Waals surface area contributed by atoms with Crippen molar-refractivity contribution < 1.29 is 0 Å². The second-order valence-corrected chi connectivity index (χ2v) is 5.77. The van der Waals surface area contributed by atoms with Gasteiger partial charge in [0.05, 0.1) is 0 Å². The lowest BCUT2D eigenvalue weighted by Crippen LogP contribution is -2.44. The second kappa shape index (κ2) is 4.14. The number of pyridine rings is 1. The Hall–Kier alpha value is -0.800. The van der Waals surface area contributed by atoms with Crippen molar-refractivity contribution in [3.63, 3.8) is 0 Å². The SMILES string of the molecule is CC(C)c1cnc(N2C[C@@H]3C[C@H]2CN3)cc1Cl. The molecule has 2 fully saturated rings. The molecule has 2 atom stereocenters. The molecule has 1 aromatic heterocycles. The van der Waals surface area contributed by atoms with Gasteiger partial charge in [-0.1, -0.05) is 25.4 Å². The first-order valence-corrected chi connectivity index (χ1v) is 6.68. The van der Waals surface area contributed by atoms with Gasteiger partial charge in [-0.25, -0.2) is 4.98 Å². The van der Waals surface area contributed by atoms with Crippen molar-refractivity contribution in [3.05, 3.63) is 22.8 Å². The van der Waals surface area contributed by atoms with Crippen molar-refractivity contribution in [2.24, 2.45) is 0 Å². The van der Waals surface area contributed by atoms with Crippen LogP contribution in [-0.2, 0) is 0 Å². The van der Waals surface area contributed by atoms with E-state index in [4.69, 9.17) is 11.6 Å². The van der Waals surface area contributed by atoms with Crippen LogP contribution in [0.1, 0.15) is 31.7 Å². The number of aromatic nitrogens is 1. The topological polar surface area (TPSA) is 28.2 Å². The van der Waals surface area contributed by atoms with Crippen LogP contribution in [0.15, 0.2) is 12.3 Å². The van der Waals surface area contributed by atoms with Crippen LogP contribution in [0, 0.1) is 0 Å². The smallest absolute Gasteiger partial charge is 0.130 e. The first-order chi connectivity index (χ1) is 8.15. The van der Waals surface area contributed by atoms with Gasteiger partial charge in [0.25, 0.3) is 0 Å². The molecule has 2 saturated heterocycles. The molecule has 0 radical (unpaired) electrons. The number of nitrogens with zero attached hydrogens (tertiary/aromatic N) is 2. The summed E-state index contributed by atoms with van der Waals surface area (Å²) in [6, 6.07) is 3.27. The summed E-state index contributed by atoms with van der Waals surface area (Å²) < 4.78 is 0. The fourth-order valence-electron chi connectivity index (χ4n) is 2.85. The van der Waals surface area contributed by atoms with Crippen molar-refractivity contribution in [2.75, 3.05) is 18.0 Å². The predicted octanol–water partition coefficient (Wildman–Crippen LogP) is 2.41. The molecular weight excluding hydrogens is 234 g/mol. The lowest BCUT2D eigenvalue weighted by Gasteiger charge is -2.28. The number of anilines is 1. The zero-order chi connectivity index (χ0) is 12.0. The number of hydrogen-bond acceptors (Lipinski definition) is 3. The Labute approximate surface area is 107 Å². The fourth-order valence-corrected chi connectivity index (χ4v) is 3.22. The quantitative estimate of drug-likeness (QED) is 0.875. The third-order valence-corrected chi connectivity index (χ3v) is 4.17. The summed E-state index contributed by atoms with van der Waals surface area (Å²) in [6.07, 6.45) is 3.17. The summed E-state index contributed by atoms with van der Waals surface area (Å²) in [7, 11) is 0. The molecule has 2 bridgehead atoms. The van der Waals surface area contributed by atoms with E-state index in [1.807, 2.05) is 12.3 Å². The number of fused-ring (bicyclic) bond motifs is 2. The molecule has 2 aliphatic heterocycles. The summed E-state index contributed by atoms with van der Waals surface area (Å²) >= 11 is 6.32. The highest BCUT2D eigenvalue weighted by Crippen LogP contribution is 2.32. The zero-order valence-corrected chi connectivity index (χ0v) is 11.0. The van der Waals surface area contributed by atoms with Gasteiger partial charge in [0.1, 0.15) is 5.82 Å². The zero-order valence-electron chi connectivity index (χ0n) is 10.3. The molecule has 0 aromatic carbocycles. The van der Waals surface area contributed by atoms with Crippen LogP contribution >= 0.6 is 11.6 Å². The average molecular weight is 252 g/mol. The molecule has 1 N–H and O–H groups in total. The minimum absolute atomic E-state index is 0.431. The van der Waals surface area contributed by atoms with Crippen LogP contribution in [0.25, 0.3) is 0 Å². The molecule has 0 amide bonds. The summed E-state index contributed by atoms with van der Waals surface area (Å²) in [4.78, 5) is 6.96. The van der Waals surface area contributed by atoms with E-state index in [-0.39, 0.29) is 0 Å². The molecule has 1 aromatic rings. The molecular formula is C13H18ClN3. The molecule has 3 heterocycles. The Bertz CT molecular complexity index is 433. The van der Waals surface area contributed by atoms with E-state index in [9.17, 15) is 0 Å². The molecule has 0 saturated carbocycles. The van der Waals surface area contributed by atoms with E-state index in [0.29, 0.717) is 18.0 Å². The fraction of sp³-hybridized carbons (Fsp3) is 0.615. The summed E-state index contributed by atoms with van der Waals surface area (Å²) in [6.45, 7) is 6.43. The molecule has 17 heavy (non-hydrogen) atoms. The Morgan fingerprint density at radius 2 is 2.35 bits per heavy atom. The molecule has 0 aliphatic carbocycles. The second-order valence-electron chi connectivity index (χ2n) is 5.37. The van der Waals surface area contributed by atoms with Gasteiger partial charge in [0, 0.05) is 36.4 Å². The van der Waals surface area contributed by atoms with Crippen molar-refractivity contribution >= 4 is 17.4 Å². The Morgan fingerprint density at radius 1 is 1.53 bits per heavy atom. The molecule has 0 unspecified atom stereocenters. The summed E-state index contributed by atoms with van der Waals surface area (Å²) in [5.41, 5.74) is 1.14. The van der Waals surface area contributed by atoms with Crippen molar-refractivity contribution in [1.82, 2.24) is 10.3 Å². The van der Waals surface area contributed by atoms with Crippen LogP contribution in [0.4, 0.5) is 5.82 Å². The third-order valence-electron chi connectivity index (χ3n) is 3.84. The highest BCUT2D eigenvalue weighted by molar-refractivity contribution is 6.31. The normalized spacial score (nSPS) is 27.2. The van der Waals surface area contributed by atoms with Crippen LogP contribution in [-0.4, -0.2) is 30.2 Å². The number of halogens is 1. The van der Waals surface area contributed by atoms with Gasteiger partial charge in [0.2, 0.25) is 0 Å². The van der Waals surface area contributed by atoms with Crippen LogP contribution in [0.2, 0.25) is 5.02 Å². The largest absolute Gasteiger partial charge is 0.351 e. The number of hydrogen-bond donors (Lipinski definition) is 1. The standard InChI is InChI=1S/C13H18ClN3/c1-8(2)11-6-16-13(4-12(11)14)17-7-9-3-10(17)5-15-9/h4,6,8-10,15H,3,5,7H2,1-2H3/t9-,10-/m0/s1. The third kappa shape index (κ3) is 1.91. The number of rotatable bonds is 2. The number of nitrogens with one attached hydrogen (secondary N) is 1.